The minimum atomic E-state index is -4.16. The third kappa shape index (κ3) is 9.02. The predicted octanol–water partition coefficient (Wildman–Crippen LogP) is 7.24. The number of nitrogens with zero attached hydrogens (tertiary/aromatic N) is 2. The summed E-state index contributed by atoms with van der Waals surface area (Å²) in [6, 6.07) is 29.5. The molecule has 0 aliphatic heterocycles. The molecule has 5 rings (SSSR count). The molecule has 0 aromatic heterocycles. The van der Waals surface area contributed by atoms with Gasteiger partial charge in [-0.3, -0.25) is 13.9 Å². The van der Waals surface area contributed by atoms with Crippen LogP contribution in [-0.2, 0) is 32.6 Å². The summed E-state index contributed by atoms with van der Waals surface area (Å²) < 4.78 is 29.6. The van der Waals surface area contributed by atoms with Crippen LogP contribution in [0.1, 0.15) is 54.4 Å². The Morgan fingerprint density at radius 3 is 2.06 bits per heavy atom. The van der Waals surface area contributed by atoms with E-state index in [0.717, 1.165) is 58.7 Å². The van der Waals surface area contributed by atoms with Crippen LogP contribution in [0.5, 0.6) is 0 Å². The highest BCUT2D eigenvalue weighted by Crippen LogP contribution is 2.26. The van der Waals surface area contributed by atoms with Crippen LogP contribution in [0.15, 0.2) is 108 Å². The fourth-order valence-corrected chi connectivity index (χ4v) is 7.63. The van der Waals surface area contributed by atoms with Crippen LogP contribution in [0.3, 0.4) is 0 Å². The number of sulfonamides is 1. The standard InChI is InChI=1S/C38H42ClN3O4S/c1-28-16-20-34(21-17-28)42(47(45,46)35-22-18-29(2)19-23-35)27-37(43)41(26-31-12-9-13-32(39)24-31)36(25-30-10-5-3-6-11-30)38(44)40-33-14-7-4-8-15-33/h3,5-6,9-13,16-24,33,36H,4,7-8,14-15,25-27H2,1-2H3,(H,40,44)/t36-/m0/s1. The number of carbonyl (C=O) groups is 2. The van der Waals surface area contributed by atoms with Crippen molar-refractivity contribution >= 4 is 39.1 Å². The largest absolute Gasteiger partial charge is 0.352 e. The summed E-state index contributed by atoms with van der Waals surface area (Å²) in [7, 11) is -4.16. The molecule has 246 valence electrons. The molecule has 1 fully saturated rings. The smallest absolute Gasteiger partial charge is 0.264 e. The second-order valence-electron chi connectivity index (χ2n) is 12.4. The third-order valence-electron chi connectivity index (χ3n) is 8.67. The molecule has 4 aromatic carbocycles. The zero-order chi connectivity index (χ0) is 33.4. The average molecular weight is 672 g/mol. The van der Waals surface area contributed by atoms with Crippen molar-refractivity contribution in [3.8, 4) is 0 Å². The van der Waals surface area contributed by atoms with Gasteiger partial charge in [-0.15, -0.1) is 0 Å². The van der Waals surface area contributed by atoms with Crippen molar-refractivity contribution in [1.29, 1.82) is 0 Å². The van der Waals surface area contributed by atoms with Crippen molar-refractivity contribution in [2.75, 3.05) is 10.8 Å². The Balaban J connectivity index is 1.56. The van der Waals surface area contributed by atoms with Gasteiger partial charge in [-0.1, -0.05) is 109 Å². The lowest BCUT2D eigenvalue weighted by atomic mass is 9.94. The van der Waals surface area contributed by atoms with Crippen molar-refractivity contribution in [3.63, 3.8) is 0 Å². The number of anilines is 1. The van der Waals surface area contributed by atoms with Crippen LogP contribution in [-0.4, -0.2) is 43.8 Å². The summed E-state index contributed by atoms with van der Waals surface area (Å²) in [4.78, 5) is 30.4. The third-order valence-corrected chi connectivity index (χ3v) is 10.7. The van der Waals surface area contributed by atoms with Gasteiger partial charge in [0, 0.05) is 24.0 Å². The van der Waals surface area contributed by atoms with Crippen LogP contribution < -0.4 is 9.62 Å². The lowest BCUT2D eigenvalue weighted by molar-refractivity contribution is -0.140. The Morgan fingerprint density at radius 1 is 0.809 bits per heavy atom. The van der Waals surface area contributed by atoms with E-state index >= 15 is 0 Å². The van der Waals surface area contributed by atoms with Crippen molar-refractivity contribution in [1.82, 2.24) is 10.2 Å². The molecule has 0 heterocycles. The Bertz CT molecular complexity index is 1760. The second kappa shape index (κ2) is 15.6. The molecule has 0 saturated heterocycles. The first-order valence-electron chi connectivity index (χ1n) is 16.1. The highest BCUT2D eigenvalue weighted by atomic mass is 35.5. The SMILES string of the molecule is Cc1ccc(N(CC(=O)N(Cc2cccc(Cl)c2)[C@@H](Cc2ccccc2)C(=O)NC2CCCCC2)S(=O)(=O)c2ccc(C)cc2)cc1. The maximum Gasteiger partial charge on any atom is 0.264 e. The van der Waals surface area contributed by atoms with Gasteiger partial charge < -0.3 is 10.2 Å². The maximum absolute atomic E-state index is 14.7. The van der Waals surface area contributed by atoms with Crippen molar-refractivity contribution in [3.05, 3.63) is 130 Å². The van der Waals surface area contributed by atoms with Gasteiger partial charge in [0.2, 0.25) is 11.8 Å². The van der Waals surface area contributed by atoms with E-state index in [-0.39, 0.29) is 29.8 Å². The Morgan fingerprint density at radius 2 is 1.43 bits per heavy atom. The highest BCUT2D eigenvalue weighted by molar-refractivity contribution is 7.92. The van der Waals surface area contributed by atoms with Crippen LogP contribution in [0.2, 0.25) is 5.02 Å². The van der Waals surface area contributed by atoms with E-state index in [1.54, 1.807) is 54.6 Å². The summed E-state index contributed by atoms with van der Waals surface area (Å²) in [5.41, 5.74) is 3.86. The van der Waals surface area contributed by atoms with E-state index in [1.807, 2.05) is 62.4 Å². The monoisotopic (exact) mass is 671 g/mol. The van der Waals surface area contributed by atoms with E-state index in [1.165, 1.54) is 4.90 Å². The molecule has 1 saturated carbocycles. The first kappa shape index (κ1) is 34.2. The minimum absolute atomic E-state index is 0.0311. The summed E-state index contributed by atoms with van der Waals surface area (Å²) in [5, 5.41) is 3.74. The zero-order valence-electron chi connectivity index (χ0n) is 26.9. The van der Waals surface area contributed by atoms with Gasteiger partial charge in [0.05, 0.1) is 10.6 Å². The van der Waals surface area contributed by atoms with Crippen LogP contribution >= 0.6 is 11.6 Å². The molecule has 0 unspecified atom stereocenters. The van der Waals surface area contributed by atoms with E-state index in [2.05, 4.69) is 5.32 Å². The molecule has 2 amide bonds. The summed E-state index contributed by atoms with van der Waals surface area (Å²) in [6.45, 7) is 3.37. The van der Waals surface area contributed by atoms with Gasteiger partial charge in [0.1, 0.15) is 12.6 Å². The lowest BCUT2D eigenvalue weighted by Gasteiger charge is -2.35. The fraction of sp³-hybridized carbons (Fsp3) is 0.316. The number of hydrogen-bond acceptors (Lipinski definition) is 4. The molecule has 1 aliphatic carbocycles. The Labute approximate surface area is 283 Å². The molecule has 4 aromatic rings. The lowest BCUT2D eigenvalue weighted by Crippen LogP contribution is -2.55. The highest BCUT2D eigenvalue weighted by Gasteiger charge is 2.35. The molecule has 1 atom stereocenters. The number of hydrogen-bond donors (Lipinski definition) is 1. The number of nitrogens with one attached hydrogen (secondary N) is 1. The molecule has 0 spiro atoms. The summed E-state index contributed by atoms with van der Waals surface area (Å²) in [5.74, 6) is -0.750. The molecule has 7 nitrogen and oxygen atoms in total. The van der Waals surface area contributed by atoms with E-state index in [0.29, 0.717) is 10.7 Å². The normalized spacial score (nSPS) is 14.3. The first-order valence-corrected chi connectivity index (χ1v) is 18.0. The Hall–Kier alpha value is -4.14. The topological polar surface area (TPSA) is 86.8 Å². The summed E-state index contributed by atoms with van der Waals surface area (Å²) >= 11 is 6.35. The van der Waals surface area contributed by atoms with Gasteiger partial charge in [0.25, 0.3) is 10.0 Å². The maximum atomic E-state index is 14.7. The number of rotatable bonds is 12. The van der Waals surface area contributed by atoms with Crippen LogP contribution in [0.4, 0.5) is 5.69 Å². The Kier molecular flexibility index (Phi) is 11.4. The molecule has 9 heteroatoms. The zero-order valence-corrected chi connectivity index (χ0v) is 28.5. The molecular weight excluding hydrogens is 630 g/mol. The van der Waals surface area contributed by atoms with Gasteiger partial charge >= 0.3 is 0 Å². The molecule has 0 radical (unpaired) electrons. The molecule has 0 bridgehead atoms. The summed E-state index contributed by atoms with van der Waals surface area (Å²) in [6.07, 6.45) is 5.28. The van der Waals surface area contributed by atoms with Crippen LogP contribution in [0, 0.1) is 13.8 Å². The van der Waals surface area contributed by atoms with Crippen molar-refractivity contribution in [2.45, 2.75) is 75.9 Å². The number of halogens is 1. The van der Waals surface area contributed by atoms with Crippen LogP contribution in [0.25, 0.3) is 0 Å². The van der Waals surface area contributed by atoms with E-state index < -0.39 is 28.5 Å². The van der Waals surface area contributed by atoms with Gasteiger partial charge in [-0.25, -0.2) is 8.42 Å². The van der Waals surface area contributed by atoms with E-state index in [4.69, 9.17) is 11.6 Å². The number of carbonyl (C=O) groups excluding carboxylic acids is 2. The van der Waals surface area contributed by atoms with Gasteiger partial charge in [-0.2, -0.15) is 0 Å². The fourth-order valence-electron chi connectivity index (χ4n) is 6.01. The quantitative estimate of drug-likeness (QED) is 0.172. The molecular formula is C38H42ClN3O4S. The predicted molar refractivity (Wildman–Crippen MR) is 188 cm³/mol. The number of amides is 2. The molecule has 47 heavy (non-hydrogen) atoms. The van der Waals surface area contributed by atoms with Gasteiger partial charge in [0.15, 0.2) is 0 Å². The van der Waals surface area contributed by atoms with Gasteiger partial charge in [-0.05, 0) is 74.2 Å². The molecule has 1 aliphatic rings. The number of benzene rings is 4. The minimum Gasteiger partial charge on any atom is -0.352 e. The average Bonchev–Trinajstić information content (AvgIpc) is 3.06. The molecule has 1 N–H and O–H groups in total. The first-order chi connectivity index (χ1) is 22.6. The van der Waals surface area contributed by atoms with Crippen molar-refractivity contribution < 1.29 is 18.0 Å². The van der Waals surface area contributed by atoms with E-state index in [9.17, 15) is 18.0 Å². The number of aryl methyl sites for hydroxylation is 2. The van der Waals surface area contributed by atoms with Crippen molar-refractivity contribution in [2.24, 2.45) is 0 Å². The second-order valence-corrected chi connectivity index (χ2v) is 14.7.